The topological polar surface area (TPSA) is 60.2 Å². The fraction of sp³-hybridized carbons (Fsp3) is 0.118. The van der Waals surface area contributed by atoms with Gasteiger partial charge in [0.25, 0.3) is 0 Å². The van der Waals surface area contributed by atoms with Gasteiger partial charge in [-0.2, -0.15) is 0 Å². The molecule has 0 saturated carbocycles. The van der Waals surface area contributed by atoms with Crippen LogP contribution in [0.4, 0.5) is 24.7 Å². The van der Waals surface area contributed by atoms with Gasteiger partial charge in [0.1, 0.15) is 11.6 Å². The monoisotopic (exact) mass is 333 g/mol. The zero-order valence-corrected chi connectivity index (χ0v) is 12.5. The highest BCUT2D eigenvalue weighted by atomic mass is 19.4. The van der Waals surface area contributed by atoms with Crippen LogP contribution in [0, 0.1) is 0 Å². The number of nitrogens with one attached hydrogen (secondary N) is 1. The lowest BCUT2D eigenvalue weighted by molar-refractivity contribution is -0.274. The van der Waals surface area contributed by atoms with Crippen LogP contribution in [0.25, 0.3) is 10.9 Å². The van der Waals surface area contributed by atoms with Crippen molar-refractivity contribution in [3.63, 3.8) is 0 Å². The molecule has 0 aliphatic carbocycles. The second-order valence-electron chi connectivity index (χ2n) is 5.12. The summed E-state index contributed by atoms with van der Waals surface area (Å²) in [5.41, 5.74) is 7.57. The molecule has 0 atom stereocenters. The Morgan fingerprint density at radius 2 is 1.79 bits per heavy atom. The molecule has 1 aromatic heterocycles. The van der Waals surface area contributed by atoms with E-state index in [0.717, 1.165) is 5.39 Å². The van der Waals surface area contributed by atoms with E-state index in [0.29, 0.717) is 22.6 Å². The molecule has 1 heterocycles. The number of ether oxygens (including phenoxy) is 1. The SMILES string of the molecule is Nc1cccc2nc(NCc3ccccc3OC(F)(F)F)ccc12. The molecular formula is C17H14F3N3O. The Bertz CT molecular complexity index is 865. The summed E-state index contributed by atoms with van der Waals surface area (Å²) in [6, 6.07) is 14.9. The molecule has 0 saturated heterocycles. The number of nitrogens with two attached hydrogens (primary N) is 1. The van der Waals surface area contributed by atoms with E-state index in [1.54, 1.807) is 30.3 Å². The molecule has 7 heteroatoms. The van der Waals surface area contributed by atoms with Crippen molar-refractivity contribution in [3.8, 4) is 5.75 Å². The second kappa shape index (κ2) is 6.27. The molecule has 2 aromatic carbocycles. The lowest BCUT2D eigenvalue weighted by atomic mass is 10.2. The van der Waals surface area contributed by atoms with Gasteiger partial charge in [0, 0.05) is 23.2 Å². The summed E-state index contributed by atoms with van der Waals surface area (Å²) in [6.45, 7) is 0.146. The van der Waals surface area contributed by atoms with Gasteiger partial charge in [-0.05, 0) is 30.3 Å². The predicted molar refractivity (Wildman–Crippen MR) is 86.6 cm³/mol. The summed E-state index contributed by atoms with van der Waals surface area (Å²) in [5, 5.41) is 3.82. The van der Waals surface area contributed by atoms with Gasteiger partial charge in [0.2, 0.25) is 0 Å². The Balaban J connectivity index is 1.79. The molecular weight excluding hydrogens is 319 g/mol. The third-order valence-corrected chi connectivity index (χ3v) is 3.42. The van der Waals surface area contributed by atoms with Gasteiger partial charge in [-0.3, -0.25) is 0 Å². The molecule has 0 radical (unpaired) electrons. The fourth-order valence-electron chi connectivity index (χ4n) is 2.34. The van der Waals surface area contributed by atoms with E-state index in [1.807, 2.05) is 12.1 Å². The van der Waals surface area contributed by atoms with Crippen LogP contribution in [0.15, 0.2) is 54.6 Å². The normalized spacial score (nSPS) is 11.5. The zero-order chi connectivity index (χ0) is 17.2. The van der Waals surface area contributed by atoms with E-state index in [1.165, 1.54) is 12.1 Å². The number of fused-ring (bicyclic) bond motifs is 1. The Morgan fingerprint density at radius 1 is 1.00 bits per heavy atom. The maximum Gasteiger partial charge on any atom is 0.573 e. The van der Waals surface area contributed by atoms with Crippen LogP contribution < -0.4 is 15.8 Å². The number of anilines is 2. The van der Waals surface area contributed by atoms with Crippen LogP contribution in [0.1, 0.15) is 5.56 Å². The second-order valence-corrected chi connectivity index (χ2v) is 5.12. The number of hydrogen-bond acceptors (Lipinski definition) is 4. The molecule has 3 N–H and O–H groups in total. The van der Waals surface area contributed by atoms with Gasteiger partial charge in [0.05, 0.1) is 5.52 Å². The van der Waals surface area contributed by atoms with Crippen molar-refractivity contribution in [3.05, 3.63) is 60.2 Å². The first-order valence-corrected chi connectivity index (χ1v) is 7.15. The number of aromatic nitrogens is 1. The minimum atomic E-state index is -4.73. The van der Waals surface area contributed by atoms with Crippen molar-refractivity contribution in [1.82, 2.24) is 4.98 Å². The molecule has 3 rings (SSSR count). The quantitative estimate of drug-likeness (QED) is 0.698. The molecule has 3 aromatic rings. The Kier molecular flexibility index (Phi) is 4.16. The third kappa shape index (κ3) is 3.68. The number of hydrogen-bond donors (Lipinski definition) is 2. The summed E-state index contributed by atoms with van der Waals surface area (Å²) in [6.07, 6.45) is -4.73. The van der Waals surface area contributed by atoms with Crippen LogP contribution >= 0.6 is 0 Å². The van der Waals surface area contributed by atoms with Gasteiger partial charge in [-0.25, -0.2) is 4.98 Å². The molecule has 0 amide bonds. The highest BCUT2D eigenvalue weighted by molar-refractivity contribution is 5.90. The molecule has 0 spiro atoms. The molecule has 124 valence electrons. The van der Waals surface area contributed by atoms with Crippen LogP contribution in [-0.2, 0) is 6.54 Å². The van der Waals surface area contributed by atoms with Crippen molar-refractivity contribution in [1.29, 1.82) is 0 Å². The number of nitrogen functional groups attached to an aromatic ring is 1. The van der Waals surface area contributed by atoms with E-state index < -0.39 is 6.36 Å². The Labute approximate surface area is 136 Å². The maximum absolute atomic E-state index is 12.4. The molecule has 0 fully saturated rings. The molecule has 0 unspecified atom stereocenters. The summed E-state index contributed by atoms with van der Waals surface area (Å²) in [7, 11) is 0. The third-order valence-electron chi connectivity index (χ3n) is 3.42. The fourth-order valence-corrected chi connectivity index (χ4v) is 2.34. The number of nitrogens with zero attached hydrogens (tertiary/aromatic N) is 1. The molecule has 0 aliphatic heterocycles. The number of benzene rings is 2. The predicted octanol–water partition coefficient (Wildman–Crippen LogP) is 4.33. The lowest BCUT2D eigenvalue weighted by Crippen LogP contribution is -2.18. The molecule has 24 heavy (non-hydrogen) atoms. The number of pyridine rings is 1. The van der Waals surface area contributed by atoms with Crippen molar-refractivity contribution >= 4 is 22.4 Å². The first-order chi connectivity index (χ1) is 11.4. The summed E-state index contributed by atoms with van der Waals surface area (Å²) in [5.74, 6) is 0.303. The molecule has 4 nitrogen and oxygen atoms in total. The highest BCUT2D eigenvalue weighted by Crippen LogP contribution is 2.27. The average molecular weight is 333 g/mol. The summed E-state index contributed by atoms with van der Waals surface area (Å²) in [4.78, 5) is 4.40. The summed E-state index contributed by atoms with van der Waals surface area (Å²) < 4.78 is 41.3. The minimum Gasteiger partial charge on any atom is -0.405 e. The van der Waals surface area contributed by atoms with Gasteiger partial charge in [0.15, 0.2) is 0 Å². The van der Waals surface area contributed by atoms with Gasteiger partial charge in [-0.15, -0.1) is 13.2 Å². The first kappa shape index (κ1) is 15.9. The van der Waals surface area contributed by atoms with Gasteiger partial charge >= 0.3 is 6.36 Å². The Hall–Kier alpha value is -2.96. The van der Waals surface area contributed by atoms with Gasteiger partial charge < -0.3 is 15.8 Å². The standard InChI is InChI=1S/C17H14F3N3O/c18-17(19,20)24-15-7-2-1-4-11(15)10-22-16-9-8-12-13(21)5-3-6-14(12)23-16/h1-9H,10,21H2,(H,22,23). The largest absolute Gasteiger partial charge is 0.573 e. The van der Waals surface area contributed by atoms with Gasteiger partial charge in [-0.1, -0.05) is 24.3 Å². The van der Waals surface area contributed by atoms with Crippen molar-refractivity contribution in [2.45, 2.75) is 12.9 Å². The lowest BCUT2D eigenvalue weighted by Gasteiger charge is -2.14. The van der Waals surface area contributed by atoms with Crippen LogP contribution in [0.5, 0.6) is 5.75 Å². The first-order valence-electron chi connectivity index (χ1n) is 7.15. The Morgan fingerprint density at radius 3 is 2.58 bits per heavy atom. The van der Waals surface area contributed by atoms with Crippen molar-refractivity contribution in [2.75, 3.05) is 11.1 Å². The number of alkyl halides is 3. The van der Waals surface area contributed by atoms with Crippen LogP contribution in [-0.4, -0.2) is 11.3 Å². The average Bonchev–Trinajstić information content (AvgIpc) is 2.53. The van der Waals surface area contributed by atoms with E-state index in [9.17, 15) is 13.2 Å². The van der Waals surface area contributed by atoms with Crippen LogP contribution in [0.3, 0.4) is 0 Å². The smallest absolute Gasteiger partial charge is 0.405 e. The maximum atomic E-state index is 12.4. The molecule has 0 bridgehead atoms. The molecule has 0 aliphatic rings. The van der Waals surface area contributed by atoms with E-state index in [-0.39, 0.29) is 12.3 Å². The van der Waals surface area contributed by atoms with Crippen molar-refractivity contribution in [2.24, 2.45) is 0 Å². The van der Waals surface area contributed by atoms with E-state index >= 15 is 0 Å². The highest BCUT2D eigenvalue weighted by Gasteiger charge is 2.31. The van der Waals surface area contributed by atoms with Crippen molar-refractivity contribution < 1.29 is 17.9 Å². The summed E-state index contributed by atoms with van der Waals surface area (Å²) >= 11 is 0. The number of halogens is 3. The zero-order valence-electron chi connectivity index (χ0n) is 12.5. The number of rotatable bonds is 4. The number of para-hydroxylation sites is 1. The van der Waals surface area contributed by atoms with E-state index in [2.05, 4.69) is 15.0 Å². The van der Waals surface area contributed by atoms with E-state index in [4.69, 9.17) is 5.73 Å². The van der Waals surface area contributed by atoms with Crippen LogP contribution in [0.2, 0.25) is 0 Å². The minimum absolute atomic E-state index is 0.146.